The Balaban J connectivity index is 0.000000380. The molecule has 0 unspecified atom stereocenters. The summed E-state index contributed by atoms with van der Waals surface area (Å²) < 4.78 is 59.2. The average molecular weight is 473 g/mol. The summed E-state index contributed by atoms with van der Waals surface area (Å²) >= 11 is 0. The summed E-state index contributed by atoms with van der Waals surface area (Å²) in [6.07, 6.45) is 11.7. The minimum Gasteiger partial charge on any atom is -0.356 e. The summed E-state index contributed by atoms with van der Waals surface area (Å²) in [5.41, 5.74) is 0.708. The molecule has 0 atom stereocenters. The van der Waals surface area contributed by atoms with Crippen LogP contribution in [0.4, 0.5) is 30.9 Å². The van der Waals surface area contributed by atoms with Crippen LogP contribution in [0.15, 0.2) is 54.8 Å². The topological polar surface area (TPSA) is 58.9 Å². The summed E-state index contributed by atoms with van der Waals surface area (Å²) in [5, 5.41) is 11.4. The van der Waals surface area contributed by atoms with Crippen LogP contribution in [0.2, 0.25) is 0 Å². The Kier molecular flexibility index (Phi) is 7.13. The Morgan fingerprint density at radius 2 is 1.44 bits per heavy atom. The third-order valence-corrected chi connectivity index (χ3v) is 2.32. The van der Waals surface area contributed by atoms with Crippen molar-refractivity contribution >= 4 is 24.4 Å². The van der Waals surface area contributed by atoms with Crippen LogP contribution >= 0.6 is 7.81 Å². The fraction of sp³-hybridized carbons (Fsp3) is 0. The first kappa shape index (κ1) is 23.3. The van der Waals surface area contributed by atoms with Gasteiger partial charge in [-0.1, -0.05) is 36.4 Å². The Morgan fingerprint density at radius 1 is 0.920 bits per heavy atom. The molecule has 0 fully saturated rings. The van der Waals surface area contributed by atoms with Crippen LogP contribution in [0.5, 0.6) is 0 Å². The molecular formula is C13H11F6N2O2PRu. The molecule has 2 aromatic rings. The molecular weight excluding hydrogens is 462 g/mol. The van der Waals surface area contributed by atoms with Gasteiger partial charge in [0.15, 0.2) is 0 Å². The molecule has 25 heavy (non-hydrogen) atoms. The number of halogens is 6. The molecule has 1 heterocycles. The summed E-state index contributed by atoms with van der Waals surface area (Å²) in [4.78, 5) is 12.9. The molecule has 0 spiro atoms. The predicted octanol–water partition coefficient (Wildman–Crippen LogP) is 6.77. The van der Waals surface area contributed by atoms with Gasteiger partial charge in [0.25, 0.3) is 5.69 Å². The number of nitro groups is 1. The number of hydrogen-bond donors (Lipinski definition) is 1. The van der Waals surface area contributed by atoms with E-state index in [1.165, 1.54) is 6.07 Å². The van der Waals surface area contributed by atoms with Crippen LogP contribution in [0, 0.1) is 16.5 Å². The van der Waals surface area contributed by atoms with Crippen molar-refractivity contribution in [3.8, 4) is 0 Å². The van der Waals surface area contributed by atoms with Crippen LogP contribution in [0.1, 0.15) is 0 Å². The van der Waals surface area contributed by atoms with Gasteiger partial charge in [-0.2, -0.15) is 0 Å². The second-order valence-electron chi connectivity index (χ2n) is 4.40. The number of allylic oxidation sites excluding steroid dienone is 4. The molecule has 1 aliphatic carbocycles. The zero-order chi connectivity index (χ0) is 18.5. The standard InChI is InChI=1S/C8H6N2O2.C5H5.F6P.Ru/c11-10(12)7-3-1-2-6-4-5-9-8(6)7;1-2-4-5-3-1;1-7(2,3,4,5)6;/h1-5,9H;1-5H;;/q;;-1;+1. The normalized spacial score (nSPS) is 15.0. The Hall–Kier alpha value is -1.73. The van der Waals surface area contributed by atoms with Crippen molar-refractivity contribution in [1.82, 2.24) is 4.98 Å². The number of non-ortho nitro benzene ring substituents is 1. The quantitative estimate of drug-likeness (QED) is 0.163. The van der Waals surface area contributed by atoms with E-state index < -0.39 is 12.7 Å². The van der Waals surface area contributed by atoms with E-state index in [1.54, 1.807) is 12.3 Å². The van der Waals surface area contributed by atoms with Crippen molar-refractivity contribution < 1.29 is 49.6 Å². The molecule has 1 aromatic heterocycles. The average Bonchev–Trinajstić information content (AvgIpc) is 3.08. The van der Waals surface area contributed by atoms with Gasteiger partial charge in [-0.05, 0) is 6.07 Å². The van der Waals surface area contributed by atoms with E-state index in [2.05, 4.69) is 4.98 Å². The van der Waals surface area contributed by atoms with Crippen LogP contribution in [-0.4, -0.2) is 9.91 Å². The van der Waals surface area contributed by atoms with E-state index in [-0.39, 0.29) is 25.2 Å². The Morgan fingerprint density at radius 3 is 1.84 bits per heavy atom. The fourth-order valence-electron chi connectivity index (χ4n) is 1.54. The van der Waals surface area contributed by atoms with Crippen molar-refractivity contribution in [3.05, 3.63) is 71.3 Å². The molecule has 2 radical (unpaired) electrons. The minimum atomic E-state index is -10.7. The van der Waals surface area contributed by atoms with E-state index in [1.807, 2.05) is 42.9 Å². The summed E-state index contributed by atoms with van der Waals surface area (Å²) in [7, 11) is -10.7. The van der Waals surface area contributed by atoms with Crippen LogP contribution in [0.3, 0.4) is 0 Å². The van der Waals surface area contributed by atoms with Crippen molar-refractivity contribution in [3.63, 3.8) is 0 Å². The van der Waals surface area contributed by atoms with E-state index in [0.29, 0.717) is 5.52 Å². The number of aromatic nitrogens is 1. The first-order chi connectivity index (χ1) is 10.7. The number of hydrogen-bond acceptors (Lipinski definition) is 2. The van der Waals surface area contributed by atoms with Crippen molar-refractivity contribution in [2.45, 2.75) is 0 Å². The molecule has 140 valence electrons. The third-order valence-electron chi connectivity index (χ3n) is 2.32. The largest absolute Gasteiger partial charge is 1.00 e. The van der Waals surface area contributed by atoms with Gasteiger partial charge in [0.05, 0.1) is 4.92 Å². The molecule has 0 bridgehead atoms. The summed E-state index contributed by atoms with van der Waals surface area (Å²) in [6.45, 7) is 0. The zero-order valence-corrected chi connectivity index (χ0v) is 14.7. The number of nitrogens with one attached hydrogen (secondary N) is 1. The smallest absolute Gasteiger partial charge is 0.356 e. The molecule has 1 aliphatic rings. The molecule has 0 saturated heterocycles. The van der Waals surface area contributed by atoms with Gasteiger partial charge in [0.1, 0.15) is 5.52 Å². The molecule has 0 saturated carbocycles. The summed E-state index contributed by atoms with van der Waals surface area (Å²) in [5.74, 6) is 0. The molecule has 4 nitrogen and oxygen atoms in total. The number of nitrogens with zero attached hydrogens (tertiary/aromatic N) is 1. The van der Waals surface area contributed by atoms with Crippen molar-refractivity contribution in [2.75, 3.05) is 0 Å². The van der Waals surface area contributed by atoms with E-state index in [0.717, 1.165) is 5.39 Å². The first-order valence-corrected chi connectivity index (χ1v) is 8.20. The van der Waals surface area contributed by atoms with Gasteiger partial charge in [0, 0.05) is 24.1 Å². The molecule has 1 N–H and O–H groups in total. The number of benzene rings is 1. The predicted molar refractivity (Wildman–Crippen MR) is 81.1 cm³/mol. The number of fused-ring (bicyclic) bond motifs is 1. The second kappa shape index (κ2) is 7.66. The monoisotopic (exact) mass is 474 g/mol. The number of H-pyrrole nitrogens is 1. The third kappa shape index (κ3) is 12.3. The fourth-order valence-corrected chi connectivity index (χ4v) is 1.54. The second-order valence-corrected chi connectivity index (χ2v) is 6.31. The van der Waals surface area contributed by atoms with Crippen molar-refractivity contribution in [1.29, 1.82) is 0 Å². The summed E-state index contributed by atoms with van der Waals surface area (Å²) in [6, 6.07) is 6.80. The van der Waals surface area contributed by atoms with E-state index in [4.69, 9.17) is 0 Å². The van der Waals surface area contributed by atoms with Gasteiger partial charge in [-0.3, -0.25) is 10.1 Å². The molecule has 1 aromatic carbocycles. The van der Waals surface area contributed by atoms with Gasteiger partial charge in [-0.15, -0.1) is 0 Å². The van der Waals surface area contributed by atoms with Crippen LogP contribution < -0.4 is 0 Å². The van der Waals surface area contributed by atoms with Crippen LogP contribution in [-0.2, 0) is 19.5 Å². The number of aromatic amines is 1. The molecule has 0 amide bonds. The number of nitro benzene ring substituents is 1. The van der Waals surface area contributed by atoms with Gasteiger partial charge >= 0.3 is 52.5 Å². The maximum atomic E-state index is 10.5. The first-order valence-electron chi connectivity index (χ1n) is 6.17. The molecule has 0 aliphatic heterocycles. The Bertz CT molecular complexity index is 765. The number of para-hydroxylation sites is 1. The van der Waals surface area contributed by atoms with Gasteiger partial charge in [0.2, 0.25) is 0 Å². The maximum Gasteiger partial charge on any atom is 1.00 e. The zero-order valence-electron chi connectivity index (χ0n) is 12.1. The maximum absolute atomic E-state index is 10.7. The number of rotatable bonds is 1. The van der Waals surface area contributed by atoms with Crippen LogP contribution in [0.25, 0.3) is 10.9 Å². The van der Waals surface area contributed by atoms with Gasteiger partial charge in [-0.25, -0.2) is 0 Å². The Labute approximate surface area is 150 Å². The van der Waals surface area contributed by atoms with E-state index >= 15 is 0 Å². The van der Waals surface area contributed by atoms with E-state index in [9.17, 15) is 35.3 Å². The molecule has 12 heteroatoms. The SMILES string of the molecule is F[P-](F)(F)(F)(F)F.O=[N+]([O-])c1cccc2cc[nH]c12.[CH]1C=CC=C1.[Ru+]. The van der Waals surface area contributed by atoms with Gasteiger partial charge < -0.3 is 4.98 Å². The van der Waals surface area contributed by atoms with Crippen molar-refractivity contribution in [2.24, 2.45) is 0 Å². The minimum absolute atomic E-state index is 0. The molecule has 3 rings (SSSR count).